The van der Waals surface area contributed by atoms with Crippen molar-refractivity contribution in [3.05, 3.63) is 0 Å². The van der Waals surface area contributed by atoms with Gasteiger partial charge in [-0.2, -0.15) is 11.8 Å². The van der Waals surface area contributed by atoms with Crippen LogP contribution in [0.4, 0.5) is 0 Å². The molecule has 0 saturated carbocycles. The summed E-state index contributed by atoms with van der Waals surface area (Å²) in [4.78, 5) is 0. The highest BCUT2D eigenvalue weighted by Crippen LogP contribution is 2.18. The summed E-state index contributed by atoms with van der Waals surface area (Å²) in [7, 11) is 0. The standard InChI is InChI=1S/C9H21NS/c1-5-9(7-10-6-2)8(3)11-4/h8-10H,5-7H2,1-4H3. The van der Waals surface area contributed by atoms with Crippen LogP contribution in [-0.4, -0.2) is 24.6 Å². The highest BCUT2D eigenvalue weighted by atomic mass is 32.2. The fourth-order valence-corrected chi connectivity index (χ4v) is 1.84. The van der Waals surface area contributed by atoms with Gasteiger partial charge < -0.3 is 5.32 Å². The molecule has 0 amide bonds. The van der Waals surface area contributed by atoms with Crippen LogP contribution < -0.4 is 5.32 Å². The molecule has 2 unspecified atom stereocenters. The van der Waals surface area contributed by atoms with E-state index in [-0.39, 0.29) is 0 Å². The number of rotatable bonds is 6. The van der Waals surface area contributed by atoms with E-state index in [2.05, 4.69) is 32.3 Å². The van der Waals surface area contributed by atoms with Crippen LogP contribution in [0.1, 0.15) is 27.2 Å². The maximum Gasteiger partial charge on any atom is 0.00562 e. The largest absolute Gasteiger partial charge is 0.317 e. The Bertz CT molecular complexity index is 85.6. The van der Waals surface area contributed by atoms with E-state index < -0.39 is 0 Å². The lowest BCUT2D eigenvalue weighted by molar-refractivity contribution is 0.467. The van der Waals surface area contributed by atoms with Gasteiger partial charge in [0, 0.05) is 5.25 Å². The molecule has 0 rings (SSSR count). The first-order valence-electron chi connectivity index (χ1n) is 4.49. The van der Waals surface area contributed by atoms with Crippen molar-refractivity contribution >= 4 is 11.8 Å². The lowest BCUT2D eigenvalue weighted by Gasteiger charge is -2.20. The summed E-state index contributed by atoms with van der Waals surface area (Å²) in [5, 5.41) is 4.19. The van der Waals surface area contributed by atoms with E-state index in [4.69, 9.17) is 0 Å². The van der Waals surface area contributed by atoms with Crippen molar-refractivity contribution in [2.75, 3.05) is 19.3 Å². The second-order valence-corrected chi connectivity index (χ2v) is 4.13. The molecule has 0 aliphatic heterocycles. The minimum Gasteiger partial charge on any atom is -0.317 e. The van der Waals surface area contributed by atoms with E-state index in [1.807, 2.05) is 11.8 Å². The van der Waals surface area contributed by atoms with Gasteiger partial charge in [-0.1, -0.05) is 27.2 Å². The summed E-state index contributed by atoms with van der Waals surface area (Å²) in [6.45, 7) is 9.02. The molecule has 0 heterocycles. The van der Waals surface area contributed by atoms with E-state index in [1.165, 1.54) is 13.0 Å². The van der Waals surface area contributed by atoms with Crippen molar-refractivity contribution in [1.82, 2.24) is 5.32 Å². The Balaban J connectivity index is 3.56. The Morgan fingerprint density at radius 1 is 1.36 bits per heavy atom. The van der Waals surface area contributed by atoms with Crippen molar-refractivity contribution < 1.29 is 0 Å². The SMILES string of the molecule is CCNCC(CC)C(C)SC. The van der Waals surface area contributed by atoms with Gasteiger partial charge in [0.25, 0.3) is 0 Å². The summed E-state index contributed by atoms with van der Waals surface area (Å²) in [6.07, 6.45) is 3.48. The second kappa shape index (κ2) is 6.99. The van der Waals surface area contributed by atoms with E-state index in [1.54, 1.807) is 0 Å². The van der Waals surface area contributed by atoms with Gasteiger partial charge in [0.15, 0.2) is 0 Å². The molecule has 1 nitrogen and oxygen atoms in total. The van der Waals surface area contributed by atoms with Crippen molar-refractivity contribution in [2.45, 2.75) is 32.4 Å². The Hall–Kier alpha value is 0.310. The number of nitrogens with one attached hydrogen (secondary N) is 1. The number of hydrogen-bond donors (Lipinski definition) is 1. The predicted molar refractivity (Wildman–Crippen MR) is 55.3 cm³/mol. The molecular weight excluding hydrogens is 154 g/mol. The van der Waals surface area contributed by atoms with Gasteiger partial charge in [-0.05, 0) is 25.3 Å². The first-order valence-corrected chi connectivity index (χ1v) is 5.78. The Labute approximate surface area is 75.3 Å². The molecule has 0 aliphatic carbocycles. The Morgan fingerprint density at radius 2 is 2.00 bits per heavy atom. The lowest BCUT2D eigenvalue weighted by Crippen LogP contribution is -2.27. The van der Waals surface area contributed by atoms with Crippen molar-refractivity contribution in [2.24, 2.45) is 5.92 Å². The first kappa shape index (κ1) is 11.3. The predicted octanol–water partition coefficient (Wildman–Crippen LogP) is 2.37. The minimum absolute atomic E-state index is 0.791. The highest BCUT2D eigenvalue weighted by Gasteiger charge is 2.12. The Kier molecular flexibility index (Phi) is 7.18. The van der Waals surface area contributed by atoms with E-state index in [0.29, 0.717) is 0 Å². The molecule has 0 aromatic carbocycles. The van der Waals surface area contributed by atoms with E-state index in [9.17, 15) is 0 Å². The van der Waals surface area contributed by atoms with Gasteiger partial charge in [-0.15, -0.1) is 0 Å². The second-order valence-electron chi connectivity index (χ2n) is 2.92. The molecule has 2 atom stereocenters. The molecule has 2 heteroatoms. The van der Waals surface area contributed by atoms with Crippen LogP contribution in [0.2, 0.25) is 0 Å². The minimum atomic E-state index is 0.791. The maximum absolute atomic E-state index is 3.40. The van der Waals surface area contributed by atoms with Crippen molar-refractivity contribution in [3.8, 4) is 0 Å². The van der Waals surface area contributed by atoms with Gasteiger partial charge in [0.05, 0.1) is 0 Å². The molecule has 1 N–H and O–H groups in total. The van der Waals surface area contributed by atoms with Crippen LogP contribution in [0.15, 0.2) is 0 Å². The van der Waals surface area contributed by atoms with Crippen LogP contribution in [0.25, 0.3) is 0 Å². The molecule has 0 spiro atoms. The van der Waals surface area contributed by atoms with Crippen molar-refractivity contribution in [3.63, 3.8) is 0 Å². The molecule has 0 saturated heterocycles. The number of hydrogen-bond acceptors (Lipinski definition) is 2. The zero-order chi connectivity index (χ0) is 8.69. The van der Waals surface area contributed by atoms with Crippen LogP contribution in [-0.2, 0) is 0 Å². The molecule has 0 aromatic rings. The van der Waals surface area contributed by atoms with Crippen LogP contribution in [0, 0.1) is 5.92 Å². The molecule has 0 fully saturated rings. The average molecular weight is 175 g/mol. The molecule has 0 aliphatic rings. The van der Waals surface area contributed by atoms with Crippen LogP contribution in [0.3, 0.4) is 0 Å². The van der Waals surface area contributed by atoms with Gasteiger partial charge in [-0.3, -0.25) is 0 Å². The summed E-state index contributed by atoms with van der Waals surface area (Å²) >= 11 is 1.97. The molecule has 0 aromatic heterocycles. The molecule has 0 bridgehead atoms. The summed E-state index contributed by atoms with van der Waals surface area (Å²) in [6, 6.07) is 0. The first-order chi connectivity index (χ1) is 5.26. The zero-order valence-electron chi connectivity index (χ0n) is 8.18. The molecular formula is C9H21NS. The summed E-state index contributed by atoms with van der Waals surface area (Å²) in [5.74, 6) is 0.838. The van der Waals surface area contributed by atoms with Crippen LogP contribution >= 0.6 is 11.8 Å². The molecule has 11 heavy (non-hydrogen) atoms. The summed E-state index contributed by atoms with van der Waals surface area (Å²) in [5.41, 5.74) is 0. The van der Waals surface area contributed by atoms with Crippen molar-refractivity contribution in [1.29, 1.82) is 0 Å². The third-order valence-electron chi connectivity index (χ3n) is 2.22. The quantitative estimate of drug-likeness (QED) is 0.665. The smallest absolute Gasteiger partial charge is 0.00562 e. The maximum atomic E-state index is 3.40. The van der Waals surface area contributed by atoms with Gasteiger partial charge >= 0.3 is 0 Å². The number of thioether (sulfide) groups is 1. The third kappa shape index (κ3) is 4.70. The van der Waals surface area contributed by atoms with Gasteiger partial charge in [-0.25, -0.2) is 0 Å². The monoisotopic (exact) mass is 175 g/mol. The molecule has 68 valence electrons. The third-order valence-corrected chi connectivity index (χ3v) is 3.35. The fourth-order valence-electron chi connectivity index (χ4n) is 1.16. The van der Waals surface area contributed by atoms with Gasteiger partial charge in [0.2, 0.25) is 0 Å². The molecule has 0 radical (unpaired) electrons. The highest BCUT2D eigenvalue weighted by molar-refractivity contribution is 7.99. The van der Waals surface area contributed by atoms with E-state index >= 15 is 0 Å². The van der Waals surface area contributed by atoms with Crippen LogP contribution in [0.5, 0.6) is 0 Å². The topological polar surface area (TPSA) is 12.0 Å². The lowest BCUT2D eigenvalue weighted by atomic mass is 10.0. The van der Waals surface area contributed by atoms with Gasteiger partial charge in [0.1, 0.15) is 0 Å². The normalized spacial score (nSPS) is 16.4. The van der Waals surface area contributed by atoms with E-state index in [0.717, 1.165) is 17.7 Å². The fraction of sp³-hybridized carbons (Fsp3) is 1.00. The average Bonchev–Trinajstić information content (AvgIpc) is 2.05. The Morgan fingerprint density at radius 3 is 2.36 bits per heavy atom. The summed E-state index contributed by atoms with van der Waals surface area (Å²) < 4.78 is 0. The zero-order valence-corrected chi connectivity index (χ0v) is 9.00.